The first-order chi connectivity index (χ1) is 17.2. The number of fused-ring (bicyclic) bond motifs is 2. The third-order valence-corrected chi connectivity index (χ3v) is 8.92. The highest BCUT2D eigenvalue weighted by Gasteiger charge is 2.53. The van der Waals surface area contributed by atoms with Gasteiger partial charge in [0.15, 0.2) is 0 Å². The highest BCUT2D eigenvalue weighted by molar-refractivity contribution is 5.94. The summed E-state index contributed by atoms with van der Waals surface area (Å²) in [4.78, 5) is 30.7. The number of aromatic nitrogens is 3. The van der Waals surface area contributed by atoms with Gasteiger partial charge in [0.25, 0.3) is 0 Å². The number of hydrogen-bond donors (Lipinski definition) is 3. The lowest BCUT2D eigenvalue weighted by atomic mass is 9.45. The molecular formula is C27H40N8O. The van der Waals surface area contributed by atoms with Crippen LogP contribution in [-0.2, 0) is 0 Å². The van der Waals surface area contributed by atoms with Gasteiger partial charge in [0.2, 0.25) is 23.8 Å². The van der Waals surface area contributed by atoms with E-state index >= 15 is 0 Å². The van der Waals surface area contributed by atoms with E-state index in [4.69, 9.17) is 20.7 Å². The van der Waals surface area contributed by atoms with E-state index < -0.39 is 5.91 Å². The van der Waals surface area contributed by atoms with Crippen molar-refractivity contribution < 1.29 is 4.79 Å². The van der Waals surface area contributed by atoms with Crippen LogP contribution >= 0.6 is 0 Å². The monoisotopic (exact) mass is 492 g/mol. The normalized spacial score (nSPS) is 25.6. The van der Waals surface area contributed by atoms with E-state index in [1.807, 2.05) is 13.0 Å². The summed E-state index contributed by atoms with van der Waals surface area (Å²) in [5, 5.41) is 6.90. The van der Waals surface area contributed by atoms with E-state index in [2.05, 4.69) is 41.3 Å². The third kappa shape index (κ3) is 4.98. The fraction of sp³-hybridized carbons (Fsp3) is 0.630. The summed E-state index contributed by atoms with van der Waals surface area (Å²) in [6.45, 7) is 11.5. The van der Waals surface area contributed by atoms with Crippen LogP contribution in [-0.4, -0.2) is 65.5 Å². The van der Waals surface area contributed by atoms with Crippen LogP contribution in [0.3, 0.4) is 0 Å². The maximum Gasteiger partial charge on any atom is 0.248 e. The molecule has 1 amide bonds. The second kappa shape index (κ2) is 9.84. The zero-order chi connectivity index (χ0) is 25.4. The van der Waals surface area contributed by atoms with Crippen molar-refractivity contribution in [1.29, 1.82) is 0 Å². The van der Waals surface area contributed by atoms with E-state index in [1.54, 1.807) is 12.1 Å². The van der Waals surface area contributed by atoms with Crippen molar-refractivity contribution in [3.8, 4) is 0 Å². The lowest BCUT2D eigenvalue weighted by molar-refractivity contribution is -0.100. The Labute approximate surface area is 214 Å². The van der Waals surface area contributed by atoms with E-state index in [1.165, 1.54) is 19.3 Å². The number of nitrogens with zero attached hydrogens (tertiary/aromatic N) is 5. The summed E-state index contributed by atoms with van der Waals surface area (Å²) in [6, 6.07) is 5.37. The number of nitrogens with two attached hydrogens (primary N) is 1. The zero-order valence-corrected chi connectivity index (χ0v) is 22.0. The number of benzene rings is 1. The maximum absolute atomic E-state index is 11.7. The Hall–Kier alpha value is -2.94. The fourth-order valence-electron chi connectivity index (χ4n) is 6.35. The largest absolute Gasteiger partial charge is 0.366 e. The third-order valence-electron chi connectivity index (χ3n) is 8.92. The van der Waals surface area contributed by atoms with Crippen LogP contribution in [0, 0.1) is 30.1 Å². The molecule has 0 radical (unpaired) electrons. The molecule has 1 aromatic carbocycles. The van der Waals surface area contributed by atoms with Gasteiger partial charge in [0, 0.05) is 37.4 Å². The van der Waals surface area contributed by atoms with Crippen molar-refractivity contribution in [2.75, 3.05) is 55.3 Å². The Morgan fingerprint density at radius 1 is 1.11 bits per heavy atom. The lowest BCUT2D eigenvalue weighted by Gasteiger charge is -2.60. The molecule has 3 aliphatic carbocycles. The van der Waals surface area contributed by atoms with Gasteiger partial charge in [-0.1, -0.05) is 19.9 Å². The average molecular weight is 493 g/mol. The molecule has 9 heteroatoms. The maximum atomic E-state index is 11.7. The topological polar surface area (TPSA) is 112 Å². The van der Waals surface area contributed by atoms with Crippen molar-refractivity contribution in [1.82, 2.24) is 19.9 Å². The Morgan fingerprint density at radius 3 is 2.67 bits per heavy atom. The van der Waals surface area contributed by atoms with E-state index in [0.717, 1.165) is 62.2 Å². The predicted octanol–water partition coefficient (Wildman–Crippen LogP) is 3.65. The standard InChI is InChI=1S/C27H40N8O/c1-17-6-7-18(23(28)36)14-22(17)30-25-31-24(29-16-19-8-9-20-15-21(19)27(20,2)3)32-26(33-25)35-11-5-10-34(4)12-13-35/h6-7,14,19-21H,5,8-13,15-16H2,1-4H3,(H2,28,36)(H2,29,30,31,32,33)/t19-,20-,21-/m0/s1. The Balaban J connectivity index is 1.39. The summed E-state index contributed by atoms with van der Waals surface area (Å²) in [6.07, 6.45) is 5.01. The molecule has 194 valence electrons. The summed E-state index contributed by atoms with van der Waals surface area (Å²) >= 11 is 0. The molecule has 1 aliphatic heterocycles. The molecule has 2 bridgehead atoms. The highest BCUT2D eigenvalue weighted by Crippen LogP contribution is 2.61. The molecule has 0 unspecified atom stereocenters. The van der Waals surface area contributed by atoms with Crippen LogP contribution in [0.15, 0.2) is 18.2 Å². The number of anilines is 4. The van der Waals surface area contributed by atoms with Gasteiger partial charge in [-0.05, 0) is 87.1 Å². The average Bonchev–Trinajstić information content (AvgIpc) is 3.08. The number of likely N-dealkylation sites (N-methyl/N-ethyl adjacent to an activating group) is 1. The Bertz CT molecular complexity index is 1120. The number of nitrogens with one attached hydrogen (secondary N) is 2. The number of primary amides is 1. The highest BCUT2D eigenvalue weighted by atomic mass is 16.1. The fourth-order valence-corrected chi connectivity index (χ4v) is 6.35. The first-order valence-corrected chi connectivity index (χ1v) is 13.3. The molecule has 4 fully saturated rings. The number of rotatable bonds is 7. The van der Waals surface area contributed by atoms with Gasteiger partial charge < -0.3 is 26.2 Å². The lowest BCUT2D eigenvalue weighted by Crippen LogP contribution is -2.53. The number of aryl methyl sites for hydroxylation is 1. The summed E-state index contributed by atoms with van der Waals surface area (Å²) in [5.74, 6) is 3.59. The first-order valence-electron chi connectivity index (χ1n) is 13.3. The van der Waals surface area contributed by atoms with Crippen LogP contribution in [0.5, 0.6) is 0 Å². The van der Waals surface area contributed by atoms with Gasteiger partial charge in [-0.3, -0.25) is 4.79 Å². The quantitative estimate of drug-likeness (QED) is 0.537. The second-order valence-corrected chi connectivity index (χ2v) is 11.5. The Morgan fingerprint density at radius 2 is 1.92 bits per heavy atom. The van der Waals surface area contributed by atoms with Gasteiger partial charge in [0.05, 0.1) is 0 Å². The molecule has 3 atom stereocenters. The minimum atomic E-state index is -0.459. The number of hydrogen-bond acceptors (Lipinski definition) is 8. The molecule has 4 N–H and O–H groups in total. The zero-order valence-electron chi connectivity index (χ0n) is 22.0. The Kier molecular flexibility index (Phi) is 6.76. The van der Waals surface area contributed by atoms with Crippen LogP contribution < -0.4 is 21.3 Å². The summed E-state index contributed by atoms with van der Waals surface area (Å²) in [5.41, 5.74) is 8.16. The van der Waals surface area contributed by atoms with Crippen molar-refractivity contribution >= 4 is 29.4 Å². The van der Waals surface area contributed by atoms with Gasteiger partial charge in [-0.2, -0.15) is 15.0 Å². The molecule has 4 aliphatic rings. The summed E-state index contributed by atoms with van der Waals surface area (Å²) in [7, 11) is 2.15. The van der Waals surface area contributed by atoms with Crippen molar-refractivity contribution in [2.45, 2.75) is 46.5 Å². The second-order valence-electron chi connectivity index (χ2n) is 11.5. The van der Waals surface area contributed by atoms with Gasteiger partial charge in [-0.15, -0.1) is 0 Å². The van der Waals surface area contributed by atoms with Crippen molar-refractivity contribution in [2.24, 2.45) is 28.9 Å². The van der Waals surface area contributed by atoms with E-state index in [-0.39, 0.29) is 0 Å². The number of carbonyl (C=O) groups is 1. The molecular weight excluding hydrogens is 452 g/mol. The predicted molar refractivity (Wildman–Crippen MR) is 144 cm³/mol. The molecule has 2 heterocycles. The molecule has 2 aromatic rings. The van der Waals surface area contributed by atoms with Crippen LogP contribution in [0.4, 0.5) is 23.5 Å². The van der Waals surface area contributed by atoms with Gasteiger partial charge >= 0.3 is 0 Å². The van der Waals surface area contributed by atoms with E-state index in [0.29, 0.717) is 34.7 Å². The van der Waals surface area contributed by atoms with E-state index in [9.17, 15) is 4.79 Å². The number of amides is 1. The van der Waals surface area contributed by atoms with Crippen molar-refractivity contribution in [3.63, 3.8) is 0 Å². The molecule has 9 nitrogen and oxygen atoms in total. The molecule has 3 saturated carbocycles. The van der Waals surface area contributed by atoms with Crippen LogP contribution in [0.25, 0.3) is 0 Å². The number of carbonyl (C=O) groups excluding carboxylic acids is 1. The molecule has 0 spiro atoms. The SMILES string of the molecule is Cc1ccc(C(N)=O)cc1Nc1nc(NC[C@@H]2CC[C@H]3C[C@@H]2C3(C)C)nc(N2CCCN(C)CC2)n1. The van der Waals surface area contributed by atoms with Gasteiger partial charge in [-0.25, -0.2) is 0 Å². The van der Waals surface area contributed by atoms with Crippen LogP contribution in [0.1, 0.15) is 55.5 Å². The minimum Gasteiger partial charge on any atom is -0.366 e. The smallest absolute Gasteiger partial charge is 0.248 e. The van der Waals surface area contributed by atoms with Gasteiger partial charge in [0.1, 0.15) is 0 Å². The molecule has 1 aromatic heterocycles. The molecule has 36 heavy (non-hydrogen) atoms. The van der Waals surface area contributed by atoms with Crippen molar-refractivity contribution in [3.05, 3.63) is 29.3 Å². The molecule has 1 saturated heterocycles. The summed E-state index contributed by atoms with van der Waals surface area (Å²) < 4.78 is 0. The minimum absolute atomic E-state index is 0.447. The van der Waals surface area contributed by atoms with Crippen LogP contribution in [0.2, 0.25) is 0 Å². The molecule has 6 rings (SSSR count). The first kappa shape index (κ1) is 24.7.